The molecule has 230 valence electrons. The van der Waals surface area contributed by atoms with Crippen molar-refractivity contribution in [1.29, 1.82) is 0 Å². The average Bonchev–Trinajstić information content (AvgIpc) is 3.72. The third kappa shape index (κ3) is 4.67. The summed E-state index contributed by atoms with van der Waals surface area (Å²) in [5.41, 5.74) is 9.71. The SMILES string of the molecule is [2H]C([2H])([2H])c1ccnc(-n2c3ccccc3c3ccc(N(c4ccccc4)c4cccc(N5CN(c6ccccc6)c6ccccc65)c4)cc32)c1. The van der Waals surface area contributed by atoms with Crippen LogP contribution in [0.1, 0.15) is 9.68 Å². The van der Waals surface area contributed by atoms with Crippen molar-refractivity contribution in [1.82, 2.24) is 9.55 Å². The van der Waals surface area contributed by atoms with Crippen molar-refractivity contribution >= 4 is 61.6 Å². The average molecular weight is 623 g/mol. The molecule has 0 amide bonds. The molecule has 5 nitrogen and oxygen atoms in total. The molecule has 0 saturated carbocycles. The first-order valence-corrected chi connectivity index (χ1v) is 16.1. The van der Waals surface area contributed by atoms with E-state index in [0.29, 0.717) is 12.5 Å². The summed E-state index contributed by atoms with van der Waals surface area (Å²) >= 11 is 0. The number of hydrogen-bond acceptors (Lipinski definition) is 4. The molecule has 6 aromatic carbocycles. The summed E-state index contributed by atoms with van der Waals surface area (Å²) in [4.78, 5) is 11.7. The summed E-state index contributed by atoms with van der Waals surface area (Å²) in [5.74, 6) is 0.566. The van der Waals surface area contributed by atoms with Gasteiger partial charge < -0.3 is 14.7 Å². The van der Waals surface area contributed by atoms with E-state index in [4.69, 9.17) is 4.11 Å². The Labute approximate surface area is 284 Å². The first-order chi connectivity index (χ1) is 24.9. The highest BCUT2D eigenvalue weighted by molar-refractivity contribution is 6.10. The van der Waals surface area contributed by atoms with E-state index in [2.05, 4.69) is 152 Å². The number of anilines is 7. The lowest BCUT2D eigenvalue weighted by Crippen LogP contribution is -2.24. The second kappa shape index (κ2) is 11.5. The molecule has 3 heterocycles. The summed E-state index contributed by atoms with van der Waals surface area (Å²) in [6.07, 6.45) is 1.58. The molecular formula is C43H33N5. The Morgan fingerprint density at radius 1 is 0.542 bits per heavy atom. The highest BCUT2D eigenvalue weighted by atomic mass is 15.4. The molecule has 0 bridgehead atoms. The van der Waals surface area contributed by atoms with Gasteiger partial charge in [0.2, 0.25) is 0 Å². The van der Waals surface area contributed by atoms with Gasteiger partial charge in [0.25, 0.3) is 0 Å². The monoisotopic (exact) mass is 622 g/mol. The molecule has 9 rings (SSSR count). The smallest absolute Gasteiger partial charge is 0.137 e. The summed E-state index contributed by atoms with van der Waals surface area (Å²) < 4.78 is 26.3. The van der Waals surface area contributed by atoms with Gasteiger partial charge in [-0.25, -0.2) is 4.98 Å². The molecule has 0 unspecified atom stereocenters. The zero-order valence-corrected chi connectivity index (χ0v) is 26.1. The predicted molar refractivity (Wildman–Crippen MR) is 200 cm³/mol. The quantitative estimate of drug-likeness (QED) is 0.184. The first kappa shape index (κ1) is 24.8. The third-order valence-electron chi connectivity index (χ3n) is 9.12. The predicted octanol–water partition coefficient (Wildman–Crippen LogP) is 11.2. The lowest BCUT2D eigenvalue weighted by atomic mass is 10.1. The lowest BCUT2D eigenvalue weighted by Gasteiger charge is -2.28. The maximum Gasteiger partial charge on any atom is 0.137 e. The van der Waals surface area contributed by atoms with Crippen LogP contribution in [-0.2, 0) is 0 Å². The minimum absolute atomic E-state index is 0.256. The molecule has 48 heavy (non-hydrogen) atoms. The van der Waals surface area contributed by atoms with E-state index in [1.807, 2.05) is 24.3 Å². The van der Waals surface area contributed by atoms with Crippen LogP contribution in [0.5, 0.6) is 0 Å². The van der Waals surface area contributed by atoms with Crippen LogP contribution < -0.4 is 14.7 Å². The second-order valence-corrected chi connectivity index (χ2v) is 12.0. The van der Waals surface area contributed by atoms with Gasteiger partial charge >= 0.3 is 0 Å². The van der Waals surface area contributed by atoms with Crippen LogP contribution in [-0.4, -0.2) is 16.2 Å². The van der Waals surface area contributed by atoms with Crippen LogP contribution in [0, 0.1) is 6.85 Å². The van der Waals surface area contributed by atoms with Gasteiger partial charge in [0.05, 0.1) is 22.4 Å². The Hall–Kier alpha value is -6.33. The molecule has 0 atom stereocenters. The standard InChI is InChI=1S/C43H33N5/c1-31-25-26-44-43(27-31)48-39-20-9-8-19-37(39)38-24-23-36(29-42(38)48)47(33-15-6-3-7-16-33)35-18-12-17-34(28-35)46-30-45(32-13-4-2-5-14-32)40-21-10-11-22-41(40)46/h2-29H,30H2,1H3/i1D3. The van der Waals surface area contributed by atoms with Gasteiger partial charge in [-0.2, -0.15) is 0 Å². The van der Waals surface area contributed by atoms with Crippen molar-refractivity contribution in [2.45, 2.75) is 6.85 Å². The third-order valence-corrected chi connectivity index (χ3v) is 9.12. The van der Waals surface area contributed by atoms with Crippen molar-refractivity contribution in [3.05, 3.63) is 176 Å². The van der Waals surface area contributed by atoms with Gasteiger partial charge in [0, 0.05) is 49.5 Å². The van der Waals surface area contributed by atoms with Crippen molar-refractivity contribution in [3.63, 3.8) is 0 Å². The highest BCUT2D eigenvalue weighted by Crippen LogP contribution is 2.46. The van der Waals surface area contributed by atoms with Gasteiger partial charge in [-0.3, -0.25) is 4.57 Å². The minimum atomic E-state index is -2.25. The number of pyridine rings is 1. The Bertz CT molecular complexity index is 2530. The fraction of sp³-hybridized carbons (Fsp3) is 0.0465. The fourth-order valence-electron chi connectivity index (χ4n) is 6.97. The maximum absolute atomic E-state index is 8.06. The van der Waals surface area contributed by atoms with E-state index in [1.54, 1.807) is 18.3 Å². The molecule has 1 aliphatic heterocycles. The van der Waals surface area contributed by atoms with Gasteiger partial charge in [-0.15, -0.1) is 0 Å². The molecule has 0 aliphatic carbocycles. The number of benzene rings is 6. The van der Waals surface area contributed by atoms with Crippen LogP contribution in [0.2, 0.25) is 0 Å². The van der Waals surface area contributed by atoms with E-state index in [-0.39, 0.29) is 5.56 Å². The number of fused-ring (bicyclic) bond motifs is 4. The Morgan fingerprint density at radius 3 is 2.00 bits per heavy atom. The van der Waals surface area contributed by atoms with Crippen LogP contribution >= 0.6 is 0 Å². The number of nitrogens with zero attached hydrogens (tertiary/aromatic N) is 5. The molecule has 2 aromatic heterocycles. The Kier molecular flexibility index (Phi) is 5.94. The van der Waals surface area contributed by atoms with E-state index < -0.39 is 6.85 Å². The lowest BCUT2D eigenvalue weighted by molar-refractivity contribution is 0.990. The van der Waals surface area contributed by atoms with Crippen molar-refractivity contribution in [2.75, 3.05) is 21.4 Å². The van der Waals surface area contributed by atoms with Crippen LogP contribution in [0.3, 0.4) is 0 Å². The fourth-order valence-corrected chi connectivity index (χ4v) is 6.97. The molecule has 0 spiro atoms. The molecule has 0 fully saturated rings. The number of aromatic nitrogens is 2. The molecule has 0 radical (unpaired) electrons. The molecular weight excluding hydrogens is 587 g/mol. The molecule has 0 saturated heterocycles. The Balaban J connectivity index is 1.20. The summed E-state index contributed by atoms with van der Waals surface area (Å²) in [5, 5.41) is 2.14. The number of hydrogen-bond donors (Lipinski definition) is 0. The Morgan fingerprint density at radius 2 is 1.19 bits per heavy atom. The van der Waals surface area contributed by atoms with Gasteiger partial charge in [-0.1, -0.05) is 78.9 Å². The van der Waals surface area contributed by atoms with E-state index in [9.17, 15) is 0 Å². The van der Waals surface area contributed by atoms with Crippen molar-refractivity contribution in [2.24, 2.45) is 0 Å². The zero-order valence-electron chi connectivity index (χ0n) is 29.1. The van der Waals surface area contributed by atoms with Gasteiger partial charge in [0.15, 0.2) is 0 Å². The maximum atomic E-state index is 8.06. The molecule has 8 aromatic rings. The number of aryl methyl sites for hydroxylation is 1. The largest absolute Gasteiger partial charge is 0.321 e. The number of para-hydroxylation sites is 5. The highest BCUT2D eigenvalue weighted by Gasteiger charge is 2.28. The summed E-state index contributed by atoms with van der Waals surface area (Å²) in [6, 6.07) is 56.1. The normalized spacial score (nSPS) is 13.7. The van der Waals surface area contributed by atoms with Crippen LogP contribution in [0.15, 0.2) is 170 Å². The molecule has 5 heteroatoms. The minimum Gasteiger partial charge on any atom is -0.321 e. The second-order valence-electron chi connectivity index (χ2n) is 12.0. The van der Waals surface area contributed by atoms with E-state index >= 15 is 0 Å². The topological polar surface area (TPSA) is 27.5 Å². The summed E-state index contributed by atoms with van der Waals surface area (Å²) in [6.45, 7) is -1.56. The summed E-state index contributed by atoms with van der Waals surface area (Å²) in [7, 11) is 0. The van der Waals surface area contributed by atoms with E-state index in [0.717, 1.165) is 55.9 Å². The van der Waals surface area contributed by atoms with Gasteiger partial charge in [-0.05, 0) is 97.3 Å². The van der Waals surface area contributed by atoms with Crippen LogP contribution in [0.4, 0.5) is 39.8 Å². The van der Waals surface area contributed by atoms with Crippen molar-refractivity contribution in [3.8, 4) is 5.82 Å². The molecule has 0 N–H and O–H groups in total. The van der Waals surface area contributed by atoms with Crippen molar-refractivity contribution < 1.29 is 4.11 Å². The molecule has 1 aliphatic rings. The first-order valence-electron chi connectivity index (χ1n) is 17.6. The zero-order chi connectivity index (χ0) is 34.5. The van der Waals surface area contributed by atoms with Gasteiger partial charge in [0.1, 0.15) is 12.5 Å². The van der Waals surface area contributed by atoms with Crippen LogP contribution in [0.25, 0.3) is 27.6 Å². The van der Waals surface area contributed by atoms with E-state index in [1.165, 1.54) is 5.69 Å². The number of rotatable bonds is 6.